The summed E-state index contributed by atoms with van der Waals surface area (Å²) in [6, 6.07) is 4.19. The quantitative estimate of drug-likeness (QED) is 0.903. The summed E-state index contributed by atoms with van der Waals surface area (Å²) >= 11 is 2.07. The van der Waals surface area contributed by atoms with E-state index in [9.17, 15) is 0 Å². The van der Waals surface area contributed by atoms with Gasteiger partial charge in [-0.15, -0.1) is 0 Å². The number of nitrogens with one attached hydrogen (secondary N) is 1. The summed E-state index contributed by atoms with van der Waals surface area (Å²) in [6.45, 7) is 8.85. The monoisotopic (exact) mass is 265 g/mol. The highest BCUT2D eigenvalue weighted by atomic mass is 32.2. The van der Waals surface area contributed by atoms with Crippen molar-refractivity contribution in [2.75, 3.05) is 25.9 Å². The Morgan fingerprint density at radius 1 is 1.50 bits per heavy atom. The fourth-order valence-electron chi connectivity index (χ4n) is 2.43. The van der Waals surface area contributed by atoms with Crippen LogP contribution in [0.2, 0.25) is 0 Å². The maximum absolute atomic E-state index is 4.55. The Morgan fingerprint density at radius 3 is 3.06 bits per heavy atom. The van der Waals surface area contributed by atoms with E-state index < -0.39 is 0 Å². The third kappa shape index (κ3) is 3.70. The van der Waals surface area contributed by atoms with Crippen LogP contribution < -0.4 is 5.32 Å². The minimum absolute atomic E-state index is 0.371. The Hall–Kier alpha value is -0.580. The first-order chi connectivity index (χ1) is 8.61. The molecule has 1 aromatic rings. The van der Waals surface area contributed by atoms with Crippen LogP contribution in [-0.4, -0.2) is 40.5 Å². The summed E-state index contributed by atoms with van der Waals surface area (Å²) < 4.78 is 0.371. The topological polar surface area (TPSA) is 28.2 Å². The summed E-state index contributed by atoms with van der Waals surface area (Å²) in [7, 11) is 1.98. The van der Waals surface area contributed by atoms with Gasteiger partial charge in [0.15, 0.2) is 0 Å². The van der Waals surface area contributed by atoms with Crippen LogP contribution in [0.5, 0.6) is 0 Å². The van der Waals surface area contributed by atoms with Gasteiger partial charge in [0, 0.05) is 42.9 Å². The molecule has 0 saturated carbocycles. The second-order valence-electron chi connectivity index (χ2n) is 5.46. The average Bonchev–Trinajstić information content (AvgIpc) is 2.31. The fourth-order valence-corrected chi connectivity index (χ4v) is 3.60. The Labute approximate surface area is 114 Å². The van der Waals surface area contributed by atoms with Gasteiger partial charge in [0.05, 0.1) is 5.69 Å². The molecule has 0 aliphatic carbocycles. The molecule has 0 bridgehead atoms. The molecular weight excluding hydrogens is 242 g/mol. The normalized spacial score (nSPS) is 19.9. The van der Waals surface area contributed by atoms with E-state index in [0.29, 0.717) is 4.75 Å². The highest BCUT2D eigenvalue weighted by molar-refractivity contribution is 8.00. The van der Waals surface area contributed by atoms with Crippen molar-refractivity contribution in [1.82, 2.24) is 15.2 Å². The summed E-state index contributed by atoms with van der Waals surface area (Å²) in [5.74, 6) is 1.22. The summed E-state index contributed by atoms with van der Waals surface area (Å²) in [4.78, 5) is 7.08. The van der Waals surface area contributed by atoms with Crippen molar-refractivity contribution >= 4 is 11.8 Å². The van der Waals surface area contributed by atoms with Crippen LogP contribution in [0, 0.1) is 0 Å². The smallest absolute Gasteiger partial charge is 0.0588 e. The Balaban J connectivity index is 2.04. The molecule has 0 amide bonds. The van der Waals surface area contributed by atoms with Gasteiger partial charge in [0.2, 0.25) is 0 Å². The predicted octanol–water partition coefficient (Wildman–Crippen LogP) is 2.13. The molecule has 2 rings (SSSR count). The van der Waals surface area contributed by atoms with E-state index in [-0.39, 0.29) is 0 Å². The van der Waals surface area contributed by atoms with Gasteiger partial charge in [-0.05, 0) is 32.5 Å². The number of hydrogen-bond acceptors (Lipinski definition) is 4. The molecule has 100 valence electrons. The third-order valence-corrected chi connectivity index (χ3v) is 4.53. The highest BCUT2D eigenvalue weighted by Gasteiger charge is 2.27. The minimum Gasteiger partial charge on any atom is -0.316 e. The maximum Gasteiger partial charge on any atom is 0.0588 e. The first-order valence-electron chi connectivity index (χ1n) is 6.54. The Morgan fingerprint density at radius 2 is 2.33 bits per heavy atom. The first-order valence-corrected chi connectivity index (χ1v) is 7.53. The summed E-state index contributed by atoms with van der Waals surface area (Å²) in [5.41, 5.74) is 2.53. The second-order valence-corrected chi connectivity index (χ2v) is 7.26. The zero-order chi connectivity index (χ0) is 13.0. The van der Waals surface area contributed by atoms with Gasteiger partial charge >= 0.3 is 0 Å². The van der Waals surface area contributed by atoms with E-state index in [0.717, 1.165) is 19.6 Å². The SMILES string of the molecule is CNCc1cccnc1CN1CCSC(C)(C)C1. The van der Waals surface area contributed by atoms with Gasteiger partial charge in [0.1, 0.15) is 0 Å². The number of pyridine rings is 1. The predicted molar refractivity (Wildman–Crippen MR) is 78.8 cm³/mol. The van der Waals surface area contributed by atoms with E-state index in [2.05, 4.69) is 46.9 Å². The zero-order valence-electron chi connectivity index (χ0n) is 11.6. The number of thioether (sulfide) groups is 1. The van der Waals surface area contributed by atoms with E-state index in [1.54, 1.807) is 0 Å². The Bertz CT molecular complexity index is 392. The van der Waals surface area contributed by atoms with Crippen LogP contribution in [0.1, 0.15) is 25.1 Å². The van der Waals surface area contributed by atoms with Gasteiger partial charge in [-0.3, -0.25) is 9.88 Å². The van der Waals surface area contributed by atoms with Crippen LogP contribution in [0.15, 0.2) is 18.3 Å². The van der Waals surface area contributed by atoms with Gasteiger partial charge in [-0.25, -0.2) is 0 Å². The van der Waals surface area contributed by atoms with Crippen molar-refractivity contribution in [3.63, 3.8) is 0 Å². The maximum atomic E-state index is 4.55. The lowest BCUT2D eigenvalue weighted by Gasteiger charge is -2.37. The molecule has 1 fully saturated rings. The van der Waals surface area contributed by atoms with E-state index in [1.165, 1.54) is 23.6 Å². The van der Waals surface area contributed by atoms with Crippen molar-refractivity contribution in [1.29, 1.82) is 0 Å². The molecule has 0 radical (unpaired) electrons. The van der Waals surface area contributed by atoms with Crippen molar-refractivity contribution in [3.8, 4) is 0 Å². The average molecular weight is 265 g/mol. The molecule has 4 heteroatoms. The molecule has 3 nitrogen and oxygen atoms in total. The van der Waals surface area contributed by atoms with Crippen molar-refractivity contribution in [2.24, 2.45) is 0 Å². The van der Waals surface area contributed by atoms with Crippen molar-refractivity contribution < 1.29 is 0 Å². The zero-order valence-corrected chi connectivity index (χ0v) is 12.4. The molecule has 2 heterocycles. The van der Waals surface area contributed by atoms with Gasteiger partial charge < -0.3 is 5.32 Å². The molecule has 0 atom stereocenters. The van der Waals surface area contributed by atoms with Crippen LogP contribution in [0.4, 0.5) is 0 Å². The molecule has 1 N–H and O–H groups in total. The fraction of sp³-hybridized carbons (Fsp3) is 0.643. The van der Waals surface area contributed by atoms with E-state index in [1.807, 2.05) is 19.3 Å². The molecule has 1 aromatic heterocycles. The van der Waals surface area contributed by atoms with Crippen LogP contribution >= 0.6 is 11.8 Å². The lowest BCUT2D eigenvalue weighted by Crippen LogP contribution is -2.42. The van der Waals surface area contributed by atoms with Crippen molar-refractivity contribution in [2.45, 2.75) is 31.7 Å². The molecule has 0 aromatic carbocycles. The van der Waals surface area contributed by atoms with Crippen LogP contribution in [-0.2, 0) is 13.1 Å². The second kappa shape index (κ2) is 6.04. The van der Waals surface area contributed by atoms with Gasteiger partial charge in [0.25, 0.3) is 0 Å². The molecular formula is C14H23N3S. The molecule has 0 unspecified atom stereocenters. The minimum atomic E-state index is 0.371. The lowest BCUT2D eigenvalue weighted by atomic mass is 10.1. The Kier molecular flexibility index (Phi) is 4.65. The standard InChI is InChI=1S/C14H23N3S/c1-14(2)11-17(7-8-18-14)10-13-12(9-15-3)5-4-6-16-13/h4-6,15H,7-11H2,1-3H3. The van der Waals surface area contributed by atoms with Gasteiger partial charge in [-0.2, -0.15) is 11.8 Å². The van der Waals surface area contributed by atoms with Crippen LogP contribution in [0.25, 0.3) is 0 Å². The molecule has 0 spiro atoms. The molecule has 1 saturated heterocycles. The molecule has 1 aliphatic rings. The number of aromatic nitrogens is 1. The number of nitrogens with zero attached hydrogens (tertiary/aromatic N) is 2. The molecule has 18 heavy (non-hydrogen) atoms. The lowest BCUT2D eigenvalue weighted by molar-refractivity contribution is 0.249. The van der Waals surface area contributed by atoms with E-state index in [4.69, 9.17) is 0 Å². The number of rotatable bonds is 4. The van der Waals surface area contributed by atoms with Crippen LogP contribution in [0.3, 0.4) is 0 Å². The largest absolute Gasteiger partial charge is 0.316 e. The van der Waals surface area contributed by atoms with Crippen molar-refractivity contribution in [3.05, 3.63) is 29.6 Å². The van der Waals surface area contributed by atoms with E-state index >= 15 is 0 Å². The number of hydrogen-bond donors (Lipinski definition) is 1. The summed E-state index contributed by atoms with van der Waals surface area (Å²) in [5, 5.41) is 3.22. The highest BCUT2D eigenvalue weighted by Crippen LogP contribution is 2.30. The first kappa shape index (κ1) is 13.8. The van der Waals surface area contributed by atoms with Gasteiger partial charge in [-0.1, -0.05) is 6.07 Å². The summed E-state index contributed by atoms with van der Waals surface area (Å²) in [6.07, 6.45) is 1.90. The molecule has 1 aliphatic heterocycles. The third-order valence-electron chi connectivity index (χ3n) is 3.23.